The molecule has 1 aromatic heterocycles. The van der Waals surface area contributed by atoms with Gasteiger partial charge in [-0.15, -0.1) is 0 Å². The fraction of sp³-hybridized carbons (Fsp3) is 0.0833. The molecule has 2 aromatic rings. The average Bonchev–Trinajstić information content (AvgIpc) is 2.77. The fourth-order valence-electron chi connectivity index (χ4n) is 1.68. The summed E-state index contributed by atoms with van der Waals surface area (Å²) in [6.07, 6.45) is 1.13. The molecule has 0 amide bonds. The van der Waals surface area contributed by atoms with Crippen LogP contribution in [0.4, 0.5) is 10.1 Å². The van der Waals surface area contributed by atoms with Crippen molar-refractivity contribution in [3.63, 3.8) is 0 Å². The fourth-order valence-corrected chi connectivity index (χ4v) is 2.80. The molecule has 0 radical (unpaired) electrons. The monoisotopic (exact) mass is 314 g/mol. The van der Waals surface area contributed by atoms with Crippen LogP contribution in [-0.4, -0.2) is 29.2 Å². The molecule has 0 spiro atoms. The first-order chi connectivity index (χ1) is 9.70. The van der Waals surface area contributed by atoms with Gasteiger partial charge in [0.15, 0.2) is 11.6 Å². The van der Waals surface area contributed by atoms with Gasteiger partial charge in [0, 0.05) is 19.3 Å². The lowest BCUT2D eigenvalue weighted by Crippen LogP contribution is -2.12. The molecule has 2 rings (SSSR count). The molecule has 9 heteroatoms. The number of phenolic OH excluding ortho intramolecular Hbond substituents is 1. The van der Waals surface area contributed by atoms with Gasteiger partial charge >= 0.3 is 5.97 Å². The van der Waals surface area contributed by atoms with E-state index in [0.717, 1.165) is 29.0 Å². The zero-order valence-electron chi connectivity index (χ0n) is 10.7. The Bertz CT molecular complexity index is 813. The number of carboxylic acid groups (broad SMARTS) is 1. The van der Waals surface area contributed by atoms with Crippen molar-refractivity contribution in [2.24, 2.45) is 7.05 Å². The second kappa shape index (κ2) is 5.09. The number of nitrogens with zero attached hydrogens (tertiary/aromatic N) is 1. The summed E-state index contributed by atoms with van der Waals surface area (Å²) in [5.41, 5.74) is -0.293. The molecule has 0 aliphatic carbocycles. The molecule has 1 heterocycles. The number of nitrogens with one attached hydrogen (secondary N) is 1. The van der Waals surface area contributed by atoms with Crippen molar-refractivity contribution in [1.82, 2.24) is 4.57 Å². The first-order valence-electron chi connectivity index (χ1n) is 5.61. The minimum Gasteiger partial charge on any atom is -0.505 e. The molecule has 0 fully saturated rings. The van der Waals surface area contributed by atoms with Crippen LogP contribution in [0.2, 0.25) is 0 Å². The summed E-state index contributed by atoms with van der Waals surface area (Å²) >= 11 is 0. The summed E-state index contributed by atoms with van der Waals surface area (Å²) in [6, 6.07) is 3.98. The molecule has 112 valence electrons. The molecular formula is C12H11FN2O5S. The van der Waals surface area contributed by atoms with Crippen LogP contribution in [-0.2, 0) is 17.1 Å². The number of carbonyl (C=O) groups is 1. The Kier molecular flexibility index (Phi) is 3.60. The number of rotatable bonds is 4. The van der Waals surface area contributed by atoms with Gasteiger partial charge in [-0.1, -0.05) is 0 Å². The Labute approximate surface area is 119 Å². The molecule has 0 atom stereocenters. The van der Waals surface area contributed by atoms with Gasteiger partial charge in [-0.2, -0.15) is 0 Å². The smallest absolute Gasteiger partial charge is 0.352 e. The van der Waals surface area contributed by atoms with Crippen molar-refractivity contribution in [2.45, 2.75) is 4.90 Å². The molecular weight excluding hydrogens is 303 g/mol. The molecule has 0 saturated heterocycles. The van der Waals surface area contributed by atoms with Gasteiger partial charge in [0.1, 0.15) is 10.6 Å². The van der Waals surface area contributed by atoms with Gasteiger partial charge in [0.05, 0.1) is 5.69 Å². The predicted molar refractivity (Wildman–Crippen MR) is 71.2 cm³/mol. The Balaban J connectivity index is 2.36. The Morgan fingerprint density at radius 3 is 2.52 bits per heavy atom. The van der Waals surface area contributed by atoms with Crippen molar-refractivity contribution < 1.29 is 27.8 Å². The molecule has 0 aliphatic heterocycles. The second-order valence-electron chi connectivity index (χ2n) is 4.25. The lowest BCUT2D eigenvalue weighted by Gasteiger charge is -2.06. The standard InChI is InChI=1S/C12H11FN2O5S/c1-15-6-8(5-10(15)12(17)18)21(19,20)14-7-2-3-11(16)9(13)4-7/h2-6,14,16H,1H3,(H,17,18). The normalized spacial score (nSPS) is 11.3. The molecule has 0 aliphatic rings. The van der Waals surface area contributed by atoms with Gasteiger partial charge in [0.2, 0.25) is 0 Å². The van der Waals surface area contributed by atoms with E-state index in [1.165, 1.54) is 13.1 Å². The maximum Gasteiger partial charge on any atom is 0.352 e. The minimum absolute atomic E-state index is 0.0916. The molecule has 0 unspecified atom stereocenters. The van der Waals surface area contributed by atoms with E-state index < -0.39 is 27.6 Å². The number of aromatic nitrogens is 1. The van der Waals surface area contributed by atoms with Gasteiger partial charge in [-0.25, -0.2) is 17.6 Å². The highest BCUT2D eigenvalue weighted by molar-refractivity contribution is 7.92. The quantitative estimate of drug-likeness (QED) is 0.739. The second-order valence-corrected chi connectivity index (χ2v) is 5.93. The molecule has 0 saturated carbocycles. The van der Waals surface area contributed by atoms with Crippen molar-refractivity contribution in [3.05, 3.63) is 42.0 Å². The van der Waals surface area contributed by atoms with Crippen molar-refractivity contribution in [2.75, 3.05) is 4.72 Å². The number of aromatic hydroxyl groups is 1. The van der Waals surface area contributed by atoms with E-state index in [0.29, 0.717) is 0 Å². The number of aryl methyl sites for hydroxylation is 1. The number of phenols is 1. The molecule has 7 nitrogen and oxygen atoms in total. The van der Waals surface area contributed by atoms with Crippen LogP contribution in [0, 0.1) is 5.82 Å². The van der Waals surface area contributed by atoms with E-state index in [1.807, 2.05) is 0 Å². The molecule has 21 heavy (non-hydrogen) atoms. The van der Waals surface area contributed by atoms with E-state index in [9.17, 15) is 17.6 Å². The Hall–Kier alpha value is -2.55. The summed E-state index contributed by atoms with van der Waals surface area (Å²) in [4.78, 5) is 10.6. The number of hydrogen-bond donors (Lipinski definition) is 3. The highest BCUT2D eigenvalue weighted by Crippen LogP contribution is 2.22. The highest BCUT2D eigenvalue weighted by atomic mass is 32.2. The van der Waals surface area contributed by atoms with Crippen molar-refractivity contribution in [1.29, 1.82) is 0 Å². The third kappa shape index (κ3) is 2.97. The molecule has 1 aromatic carbocycles. The summed E-state index contributed by atoms with van der Waals surface area (Å²) < 4.78 is 40.6. The molecule has 3 N–H and O–H groups in total. The summed E-state index contributed by atoms with van der Waals surface area (Å²) in [5, 5.41) is 17.9. The van der Waals surface area contributed by atoms with Crippen LogP contribution in [0.3, 0.4) is 0 Å². The van der Waals surface area contributed by atoms with E-state index >= 15 is 0 Å². The summed E-state index contributed by atoms with van der Waals surface area (Å²) in [7, 11) is -2.67. The van der Waals surface area contributed by atoms with Gasteiger partial charge in [0.25, 0.3) is 10.0 Å². The third-order valence-corrected chi connectivity index (χ3v) is 4.06. The van der Waals surface area contributed by atoms with Crippen LogP contribution < -0.4 is 4.72 Å². The van der Waals surface area contributed by atoms with Gasteiger partial charge in [-0.3, -0.25) is 4.72 Å². The zero-order chi connectivity index (χ0) is 15.8. The molecule has 0 bridgehead atoms. The van der Waals surface area contributed by atoms with E-state index in [-0.39, 0.29) is 16.3 Å². The first-order valence-corrected chi connectivity index (χ1v) is 7.10. The van der Waals surface area contributed by atoms with E-state index in [4.69, 9.17) is 10.2 Å². The Morgan fingerprint density at radius 1 is 1.33 bits per heavy atom. The lowest BCUT2D eigenvalue weighted by molar-refractivity contribution is 0.0686. The number of carboxylic acids is 1. The van der Waals surface area contributed by atoms with E-state index in [1.54, 1.807) is 0 Å². The van der Waals surface area contributed by atoms with Crippen LogP contribution in [0.25, 0.3) is 0 Å². The number of anilines is 1. The maximum atomic E-state index is 13.2. The topological polar surface area (TPSA) is 109 Å². The number of benzene rings is 1. The average molecular weight is 314 g/mol. The Morgan fingerprint density at radius 2 is 2.00 bits per heavy atom. The number of hydrogen-bond acceptors (Lipinski definition) is 4. The zero-order valence-corrected chi connectivity index (χ0v) is 11.6. The van der Waals surface area contributed by atoms with Gasteiger partial charge < -0.3 is 14.8 Å². The number of halogens is 1. The van der Waals surface area contributed by atoms with Gasteiger partial charge in [-0.05, 0) is 18.2 Å². The maximum absolute atomic E-state index is 13.2. The van der Waals surface area contributed by atoms with E-state index in [2.05, 4.69) is 4.72 Å². The van der Waals surface area contributed by atoms with Crippen LogP contribution in [0.1, 0.15) is 10.5 Å². The highest BCUT2D eigenvalue weighted by Gasteiger charge is 2.20. The van der Waals surface area contributed by atoms with Crippen molar-refractivity contribution in [3.8, 4) is 5.75 Å². The van der Waals surface area contributed by atoms with Crippen LogP contribution in [0.5, 0.6) is 5.75 Å². The number of aromatic carboxylic acids is 1. The minimum atomic E-state index is -4.06. The summed E-state index contributed by atoms with van der Waals surface area (Å²) in [5.74, 6) is -2.85. The first kappa shape index (κ1) is 14.9. The van der Waals surface area contributed by atoms with Crippen molar-refractivity contribution >= 4 is 21.7 Å². The predicted octanol–water partition coefficient (Wildman–Crippen LogP) is 1.37. The summed E-state index contributed by atoms with van der Waals surface area (Å²) in [6.45, 7) is 0. The largest absolute Gasteiger partial charge is 0.505 e. The SMILES string of the molecule is Cn1cc(S(=O)(=O)Nc2ccc(O)c(F)c2)cc1C(=O)O. The lowest BCUT2D eigenvalue weighted by atomic mass is 10.3. The van der Waals surface area contributed by atoms with Crippen LogP contribution in [0.15, 0.2) is 35.4 Å². The number of sulfonamides is 1. The third-order valence-electron chi connectivity index (χ3n) is 2.71. The van der Waals surface area contributed by atoms with Crippen LogP contribution >= 0.6 is 0 Å².